The molecule has 1 saturated heterocycles. The Morgan fingerprint density at radius 1 is 1.23 bits per heavy atom. The summed E-state index contributed by atoms with van der Waals surface area (Å²) in [4.78, 5) is 14.7. The average Bonchev–Trinajstić information content (AvgIpc) is 2.47. The minimum Gasteiger partial charge on any atom is -0.379 e. The topological polar surface area (TPSA) is 44.4 Å². The summed E-state index contributed by atoms with van der Waals surface area (Å²) in [6.45, 7) is 8.45. The second-order valence-electron chi connectivity index (χ2n) is 7.21. The second-order valence-corrected chi connectivity index (χ2v) is 7.21. The van der Waals surface area contributed by atoms with E-state index in [1.165, 1.54) is 11.3 Å². The predicted molar refractivity (Wildman–Crippen MR) is 89.8 cm³/mol. The van der Waals surface area contributed by atoms with Gasteiger partial charge < -0.3 is 15.5 Å². The molecule has 0 unspecified atom stereocenters. The van der Waals surface area contributed by atoms with Gasteiger partial charge in [0.25, 0.3) is 0 Å². The molecule has 0 saturated carbocycles. The molecule has 0 atom stereocenters. The van der Waals surface area contributed by atoms with E-state index in [2.05, 4.69) is 47.6 Å². The molecule has 1 spiro atoms. The number of fused-ring (bicyclic) bond motifs is 1. The molecule has 0 bridgehead atoms. The Labute approximate surface area is 133 Å². The van der Waals surface area contributed by atoms with Crippen molar-refractivity contribution in [1.82, 2.24) is 10.2 Å². The van der Waals surface area contributed by atoms with Crippen molar-refractivity contribution in [3.63, 3.8) is 0 Å². The summed E-state index contributed by atoms with van der Waals surface area (Å²) < 4.78 is 0. The van der Waals surface area contributed by atoms with Gasteiger partial charge in [-0.1, -0.05) is 32.0 Å². The molecule has 0 aromatic heterocycles. The van der Waals surface area contributed by atoms with Crippen LogP contribution in [0.2, 0.25) is 0 Å². The number of piperidine rings is 1. The van der Waals surface area contributed by atoms with Gasteiger partial charge >= 0.3 is 0 Å². The van der Waals surface area contributed by atoms with Gasteiger partial charge in [0.15, 0.2) is 0 Å². The largest absolute Gasteiger partial charge is 0.379 e. The van der Waals surface area contributed by atoms with Gasteiger partial charge in [-0.05, 0) is 30.4 Å². The van der Waals surface area contributed by atoms with Crippen molar-refractivity contribution in [3.8, 4) is 0 Å². The molecule has 120 valence electrons. The van der Waals surface area contributed by atoms with Crippen molar-refractivity contribution in [2.45, 2.75) is 45.2 Å². The van der Waals surface area contributed by atoms with E-state index in [0.29, 0.717) is 18.9 Å². The normalized spacial score (nSPS) is 21.7. The number of amides is 1. The zero-order valence-electron chi connectivity index (χ0n) is 13.7. The maximum Gasteiger partial charge on any atom is 0.222 e. The number of nitrogens with one attached hydrogen (secondary N) is 2. The van der Waals surface area contributed by atoms with Crippen LogP contribution in [0.25, 0.3) is 0 Å². The average molecular weight is 301 g/mol. The lowest BCUT2D eigenvalue weighted by Gasteiger charge is -2.44. The lowest BCUT2D eigenvalue weighted by Crippen LogP contribution is -2.53. The highest BCUT2D eigenvalue weighted by atomic mass is 16.1. The monoisotopic (exact) mass is 301 g/mol. The van der Waals surface area contributed by atoms with E-state index >= 15 is 0 Å². The minimum absolute atomic E-state index is 0.0892. The molecule has 2 N–H and O–H groups in total. The number of carbonyl (C=O) groups excluding carboxylic acids is 1. The molecule has 2 aliphatic rings. The third-order valence-electron chi connectivity index (χ3n) is 4.83. The second kappa shape index (κ2) is 6.29. The number of hydrogen-bond acceptors (Lipinski definition) is 3. The Balaban J connectivity index is 1.77. The SMILES string of the molecule is CC(C)CN1CCC2(CC1)CC(=O)NCc1ccccc1N2. The number of hydrogen-bond donors (Lipinski definition) is 2. The summed E-state index contributed by atoms with van der Waals surface area (Å²) in [5, 5.41) is 6.79. The Morgan fingerprint density at radius 2 is 1.95 bits per heavy atom. The van der Waals surface area contributed by atoms with Gasteiger partial charge in [0.1, 0.15) is 0 Å². The van der Waals surface area contributed by atoms with E-state index < -0.39 is 0 Å². The molecular formula is C18H27N3O. The van der Waals surface area contributed by atoms with Gasteiger partial charge in [-0.3, -0.25) is 4.79 Å². The van der Waals surface area contributed by atoms with Crippen LogP contribution in [0.1, 0.15) is 38.7 Å². The first-order valence-corrected chi connectivity index (χ1v) is 8.41. The molecule has 4 nitrogen and oxygen atoms in total. The third kappa shape index (κ3) is 3.43. The maximum absolute atomic E-state index is 12.2. The van der Waals surface area contributed by atoms with Gasteiger partial charge in [0.2, 0.25) is 5.91 Å². The number of rotatable bonds is 2. The first kappa shape index (κ1) is 15.3. The Morgan fingerprint density at radius 3 is 2.68 bits per heavy atom. The Bertz CT molecular complexity index is 533. The zero-order valence-corrected chi connectivity index (χ0v) is 13.7. The molecule has 1 aromatic carbocycles. The highest BCUT2D eigenvalue weighted by Gasteiger charge is 2.37. The van der Waals surface area contributed by atoms with Crippen LogP contribution in [0.15, 0.2) is 24.3 Å². The number of carbonyl (C=O) groups is 1. The van der Waals surface area contributed by atoms with Gasteiger partial charge in [-0.2, -0.15) is 0 Å². The quantitative estimate of drug-likeness (QED) is 0.882. The van der Waals surface area contributed by atoms with Crippen LogP contribution in [-0.4, -0.2) is 36.0 Å². The molecule has 2 aliphatic heterocycles. The lowest BCUT2D eigenvalue weighted by molar-refractivity contribution is -0.122. The zero-order chi connectivity index (χ0) is 15.6. The van der Waals surface area contributed by atoms with E-state index in [-0.39, 0.29) is 11.4 Å². The van der Waals surface area contributed by atoms with Crippen molar-refractivity contribution in [2.24, 2.45) is 5.92 Å². The van der Waals surface area contributed by atoms with Gasteiger partial charge in [0.05, 0.1) is 0 Å². The highest BCUT2D eigenvalue weighted by molar-refractivity contribution is 5.79. The molecule has 3 rings (SSSR count). The van der Waals surface area contributed by atoms with Crippen molar-refractivity contribution in [2.75, 3.05) is 25.0 Å². The van der Waals surface area contributed by atoms with Crippen LogP contribution < -0.4 is 10.6 Å². The van der Waals surface area contributed by atoms with Crippen LogP contribution in [0, 0.1) is 5.92 Å². The van der Waals surface area contributed by atoms with E-state index in [0.717, 1.165) is 32.5 Å². The molecule has 2 heterocycles. The van der Waals surface area contributed by atoms with Crippen LogP contribution in [0.4, 0.5) is 5.69 Å². The van der Waals surface area contributed by atoms with Gasteiger partial charge in [-0.15, -0.1) is 0 Å². The number of anilines is 1. The number of nitrogens with zero attached hydrogens (tertiary/aromatic N) is 1. The number of para-hydroxylation sites is 1. The van der Waals surface area contributed by atoms with E-state index in [4.69, 9.17) is 0 Å². The Kier molecular flexibility index (Phi) is 4.39. The fourth-order valence-electron chi connectivity index (χ4n) is 3.67. The summed E-state index contributed by atoms with van der Waals surface area (Å²) >= 11 is 0. The summed E-state index contributed by atoms with van der Waals surface area (Å²) in [6.07, 6.45) is 2.64. The van der Waals surface area contributed by atoms with Crippen LogP contribution in [0.3, 0.4) is 0 Å². The fourth-order valence-corrected chi connectivity index (χ4v) is 3.67. The molecular weight excluding hydrogens is 274 g/mol. The molecule has 4 heteroatoms. The van der Waals surface area contributed by atoms with Crippen molar-refractivity contribution in [3.05, 3.63) is 29.8 Å². The van der Waals surface area contributed by atoms with Crippen molar-refractivity contribution >= 4 is 11.6 Å². The smallest absolute Gasteiger partial charge is 0.222 e. The molecule has 1 fully saturated rings. The number of benzene rings is 1. The number of likely N-dealkylation sites (tertiary alicyclic amines) is 1. The summed E-state index contributed by atoms with van der Waals surface area (Å²) in [5.74, 6) is 0.864. The molecule has 0 radical (unpaired) electrons. The summed E-state index contributed by atoms with van der Waals surface area (Å²) in [5.41, 5.74) is 2.27. The highest BCUT2D eigenvalue weighted by Crippen LogP contribution is 2.33. The maximum atomic E-state index is 12.2. The predicted octanol–water partition coefficient (Wildman–Crippen LogP) is 2.61. The first-order valence-electron chi connectivity index (χ1n) is 8.41. The van der Waals surface area contributed by atoms with E-state index in [1.54, 1.807) is 0 Å². The van der Waals surface area contributed by atoms with E-state index in [9.17, 15) is 4.79 Å². The van der Waals surface area contributed by atoms with E-state index in [1.807, 2.05) is 6.07 Å². The molecule has 1 aromatic rings. The van der Waals surface area contributed by atoms with Crippen molar-refractivity contribution < 1.29 is 4.79 Å². The van der Waals surface area contributed by atoms with Crippen LogP contribution in [0.5, 0.6) is 0 Å². The first-order chi connectivity index (χ1) is 10.6. The Hall–Kier alpha value is -1.55. The molecule has 22 heavy (non-hydrogen) atoms. The minimum atomic E-state index is -0.0892. The lowest BCUT2D eigenvalue weighted by atomic mass is 9.82. The van der Waals surface area contributed by atoms with Crippen LogP contribution >= 0.6 is 0 Å². The molecule has 0 aliphatic carbocycles. The summed E-state index contributed by atoms with van der Waals surface area (Å²) in [7, 11) is 0. The fraction of sp³-hybridized carbons (Fsp3) is 0.611. The van der Waals surface area contributed by atoms with Gasteiger partial charge in [0, 0.05) is 43.8 Å². The molecule has 1 amide bonds. The third-order valence-corrected chi connectivity index (χ3v) is 4.83. The van der Waals surface area contributed by atoms with Gasteiger partial charge in [-0.25, -0.2) is 0 Å². The van der Waals surface area contributed by atoms with Crippen molar-refractivity contribution in [1.29, 1.82) is 0 Å². The van der Waals surface area contributed by atoms with Crippen LogP contribution in [-0.2, 0) is 11.3 Å². The summed E-state index contributed by atoms with van der Waals surface area (Å²) in [6, 6.07) is 8.33. The standard InChI is InChI=1S/C18H27N3O/c1-14(2)13-21-9-7-18(8-10-21)11-17(22)19-12-15-5-3-4-6-16(15)20-18/h3-6,14,20H,7-13H2,1-2H3,(H,19,22).